The standard InChI is InChI=1S/C14H16N2O/c1-9-5-4-6-12(11(9)3)14(17)13-8-15-10(2)7-16-13/h4-8,14,17H,1-3H3. The van der Waals surface area contributed by atoms with Crippen LogP contribution in [-0.2, 0) is 0 Å². The van der Waals surface area contributed by atoms with Gasteiger partial charge in [-0.1, -0.05) is 18.2 Å². The van der Waals surface area contributed by atoms with Gasteiger partial charge in [0.05, 0.1) is 17.6 Å². The first kappa shape index (κ1) is 11.7. The van der Waals surface area contributed by atoms with Gasteiger partial charge in [0.1, 0.15) is 6.10 Å². The Hall–Kier alpha value is -1.74. The van der Waals surface area contributed by atoms with Crippen LogP contribution in [0.15, 0.2) is 30.6 Å². The van der Waals surface area contributed by atoms with Crippen LogP contribution < -0.4 is 0 Å². The summed E-state index contributed by atoms with van der Waals surface area (Å²) >= 11 is 0. The molecule has 0 fully saturated rings. The van der Waals surface area contributed by atoms with Crippen molar-refractivity contribution in [1.29, 1.82) is 0 Å². The van der Waals surface area contributed by atoms with E-state index in [1.165, 1.54) is 5.56 Å². The van der Waals surface area contributed by atoms with Gasteiger partial charge in [-0.05, 0) is 37.5 Å². The maximum absolute atomic E-state index is 10.3. The van der Waals surface area contributed by atoms with Crippen LogP contribution in [0.1, 0.15) is 34.2 Å². The van der Waals surface area contributed by atoms with Gasteiger partial charge in [-0.3, -0.25) is 9.97 Å². The third-order valence-electron chi connectivity index (χ3n) is 3.02. The number of aromatic nitrogens is 2. The van der Waals surface area contributed by atoms with Gasteiger partial charge in [0.15, 0.2) is 0 Å². The van der Waals surface area contributed by atoms with Gasteiger partial charge in [0.2, 0.25) is 0 Å². The van der Waals surface area contributed by atoms with E-state index in [1.54, 1.807) is 12.4 Å². The molecule has 0 aliphatic rings. The molecule has 0 aliphatic carbocycles. The summed E-state index contributed by atoms with van der Waals surface area (Å²) in [6.07, 6.45) is 2.59. The van der Waals surface area contributed by atoms with E-state index in [4.69, 9.17) is 0 Å². The molecule has 88 valence electrons. The summed E-state index contributed by atoms with van der Waals surface area (Å²) in [5.41, 5.74) is 4.60. The zero-order chi connectivity index (χ0) is 12.4. The van der Waals surface area contributed by atoms with Crippen LogP contribution in [0.2, 0.25) is 0 Å². The number of hydrogen-bond donors (Lipinski definition) is 1. The van der Waals surface area contributed by atoms with Crippen LogP contribution in [0.5, 0.6) is 0 Å². The first-order valence-corrected chi connectivity index (χ1v) is 5.62. The minimum atomic E-state index is -0.706. The average Bonchev–Trinajstić information content (AvgIpc) is 2.33. The number of hydrogen-bond acceptors (Lipinski definition) is 3. The van der Waals surface area contributed by atoms with E-state index in [0.29, 0.717) is 5.69 Å². The second-order valence-corrected chi connectivity index (χ2v) is 4.27. The molecule has 0 aliphatic heterocycles. The van der Waals surface area contributed by atoms with Crippen molar-refractivity contribution in [3.05, 3.63) is 58.7 Å². The van der Waals surface area contributed by atoms with Crippen LogP contribution in [0.4, 0.5) is 0 Å². The SMILES string of the molecule is Cc1cnc(C(O)c2cccc(C)c2C)cn1. The van der Waals surface area contributed by atoms with Gasteiger partial charge in [0, 0.05) is 6.20 Å². The fraction of sp³-hybridized carbons (Fsp3) is 0.286. The molecule has 0 saturated heterocycles. The van der Waals surface area contributed by atoms with Crippen LogP contribution in [-0.4, -0.2) is 15.1 Å². The average molecular weight is 228 g/mol. The van der Waals surface area contributed by atoms with E-state index in [-0.39, 0.29) is 0 Å². The van der Waals surface area contributed by atoms with E-state index in [2.05, 4.69) is 9.97 Å². The predicted molar refractivity (Wildman–Crippen MR) is 66.7 cm³/mol. The van der Waals surface area contributed by atoms with Crippen molar-refractivity contribution in [1.82, 2.24) is 9.97 Å². The number of aliphatic hydroxyl groups is 1. The Morgan fingerprint density at radius 3 is 2.47 bits per heavy atom. The Labute approximate surface area is 101 Å². The molecule has 1 heterocycles. The number of nitrogens with zero attached hydrogens (tertiary/aromatic N) is 2. The Balaban J connectivity index is 2.40. The van der Waals surface area contributed by atoms with E-state index < -0.39 is 6.10 Å². The molecule has 1 aromatic heterocycles. The molecule has 3 heteroatoms. The molecule has 0 radical (unpaired) electrons. The number of rotatable bonds is 2. The highest BCUT2D eigenvalue weighted by Crippen LogP contribution is 2.24. The fourth-order valence-corrected chi connectivity index (χ4v) is 1.77. The molecule has 3 nitrogen and oxygen atoms in total. The van der Waals surface area contributed by atoms with E-state index in [9.17, 15) is 5.11 Å². The molecule has 0 amide bonds. The summed E-state index contributed by atoms with van der Waals surface area (Å²) in [7, 11) is 0. The number of aliphatic hydroxyl groups excluding tert-OH is 1. The van der Waals surface area contributed by atoms with Gasteiger partial charge in [-0.25, -0.2) is 0 Å². The summed E-state index contributed by atoms with van der Waals surface area (Å²) in [4.78, 5) is 8.37. The Kier molecular flexibility index (Phi) is 3.20. The first-order chi connectivity index (χ1) is 8.09. The molecule has 2 aromatic rings. The highest BCUT2D eigenvalue weighted by molar-refractivity contribution is 5.37. The molecule has 1 unspecified atom stereocenters. The monoisotopic (exact) mass is 228 g/mol. The molecule has 2 rings (SSSR count). The highest BCUT2D eigenvalue weighted by atomic mass is 16.3. The quantitative estimate of drug-likeness (QED) is 0.859. The van der Waals surface area contributed by atoms with Crippen molar-refractivity contribution in [3.63, 3.8) is 0 Å². The lowest BCUT2D eigenvalue weighted by Crippen LogP contribution is -2.06. The van der Waals surface area contributed by atoms with Crippen LogP contribution in [0.25, 0.3) is 0 Å². The lowest BCUT2D eigenvalue weighted by Gasteiger charge is -2.14. The Morgan fingerprint density at radius 2 is 1.82 bits per heavy atom. The lowest BCUT2D eigenvalue weighted by atomic mass is 9.98. The van der Waals surface area contributed by atoms with Crippen molar-refractivity contribution in [2.24, 2.45) is 0 Å². The molecule has 17 heavy (non-hydrogen) atoms. The van der Waals surface area contributed by atoms with Crippen LogP contribution in [0, 0.1) is 20.8 Å². The van der Waals surface area contributed by atoms with E-state index in [0.717, 1.165) is 16.8 Å². The Bertz CT molecular complexity index is 520. The lowest BCUT2D eigenvalue weighted by molar-refractivity contribution is 0.214. The van der Waals surface area contributed by atoms with Gasteiger partial charge < -0.3 is 5.11 Å². The summed E-state index contributed by atoms with van der Waals surface area (Å²) < 4.78 is 0. The van der Waals surface area contributed by atoms with Gasteiger partial charge >= 0.3 is 0 Å². The smallest absolute Gasteiger partial charge is 0.123 e. The van der Waals surface area contributed by atoms with Crippen molar-refractivity contribution in [2.75, 3.05) is 0 Å². The van der Waals surface area contributed by atoms with Crippen molar-refractivity contribution in [2.45, 2.75) is 26.9 Å². The normalized spacial score (nSPS) is 12.5. The Morgan fingerprint density at radius 1 is 1.06 bits per heavy atom. The molecule has 0 spiro atoms. The zero-order valence-corrected chi connectivity index (χ0v) is 10.3. The third-order valence-corrected chi connectivity index (χ3v) is 3.02. The largest absolute Gasteiger partial charge is 0.382 e. The van der Waals surface area contributed by atoms with E-state index >= 15 is 0 Å². The summed E-state index contributed by atoms with van der Waals surface area (Å²) in [6, 6.07) is 5.91. The van der Waals surface area contributed by atoms with Gasteiger partial charge in [-0.2, -0.15) is 0 Å². The minimum absolute atomic E-state index is 0.587. The maximum Gasteiger partial charge on any atom is 0.123 e. The summed E-state index contributed by atoms with van der Waals surface area (Å²) in [5.74, 6) is 0. The second kappa shape index (κ2) is 4.63. The molecule has 1 N–H and O–H groups in total. The zero-order valence-electron chi connectivity index (χ0n) is 10.3. The highest BCUT2D eigenvalue weighted by Gasteiger charge is 2.15. The van der Waals surface area contributed by atoms with Gasteiger partial charge in [0.25, 0.3) is 0 Å². The van der Waals surface area contributed by atoms with Crippen LogP contribution in [0.3, 0.4) is 0 Å². The fourth-order valence-electron chi connectivity index (χ4n) is 1.77. The minimum Gasteiger partial charge on any atom is -0.382 e. The topological polar surface area (TPSA) is 46.0 Å². The van der Waals surface area contributed by atoms with Crippen molar-refractivity contribution >= 4 is 0 Å². The predicted octanol–water partition coefficient (Wildman–Crippen LogP) is 2.48. The van der Waals surface area contributed by atoms with Crippen molar-refractivity contribution < 1.29 is 5.11 Å². The summed E-state index contributed by atoms with van der Waals surface area (Å²) in [6.45, 7) is 5.92. The first-order valence-electron chi connectivity index (χ1n) is 5.62. The van der Waals surface area contributed by atoms with Gasteiger partial charge in [-0.15, -0.1) is 0 Å². The maximum atomic E-state index is 10.3. The molecule has 0 bridgehead atoms. The van der Waals surface area contributed by atoms with Crippen LogP contribution >= 0.6 is 0 Å². The number of aryl methyl sites for hydroxylation is 2. The summed E-state index contributed by atoms with van der Waals surface area (Å²) in [5, 5.41) is 10.3. The molecular formula is C14H16N2O. The number of benzene rings is 1. The second-order valence-electron chi connectivity index (χ2n) is 4.27. The molecule has 1 aromatic carbocycles. The molecule has 1 atom stereocenters. The molecular weight excluding hydrogens is 212 g/mol. The van der Waals surface area contributed by atoms with Crippen molar-refractivity contribution in [3.8, 4) is 0 Å². The third kappa shape index (κ3) is 2.34. The molecule has 0 saturated carbocycles. The van der Waals surface area contributed by atoms with E-state index in [1.807, 2.05) is 39.0 Å².